The number of allylic oxidation sites excluding steroid dienone is 3. The van der Waals surface area contributed by atoms with Gasteiger partial charge in [0.1, 0.15) is 12.8 Å². The number of aryl methyl sites for hydroxylation is 2. The minimum Gasteiger partial charge on any atom is -0.443 e. The van der Waals surface area contributed by atoms with Gasteiger partial charge in [0.2, 0.25) is 11.4 Å². The highest BCUT2D eigenvalue weighted by Gasteiger charge is 2.38. The fourth-order valence-corrected chi connectivity index (χ4v) is 9.06. The topological polar surface area (TPSA) is 29.3 Å². The molecule has 6 rings (SSSR count). The first-order chi connectivity index (χ1) is 28.8. The molecule has 312 valence electrons. The third-order valence-electron chi connectivity index (χ3n) is 12.7. The van der Waals surface area contributed by atoms with Crippen LogP contribution >= 0.6 is 0 Å². The minimum absolute atomic E-state index is 0.192. The summed E-state index contributed by atoms with van der Waals surface area (Å²) in [6.45, 7) is 30.0. The van der Waals surface area contributed by atoms with E-state index in [-0.39, 0.29) is 17.9 Å². The first-order valence-electron chi connectivity index (χ1n) is 22.3. The van der Waals surface area contributed by atoms with Gasteiger partial charge >= 0.3 is 0 Å². The molecule has 60 heavy (non-hydrogen) atoms. The van der Waals surface area contributed by atoms with Crippen LogP contribution in [0.3, 0.4) is 0 Å². The molecule has 0 saturated carbocycles. The average molecular weight is 800 g/mol. The number of pyridine rings is 2. The smallest absolute Gasteiger partial charge is 0.216 e. The molecule has 0 aliphatic carbocycles. The summed E-state index contributed by atoms with van der Waals surface area (Å²) < 4.78 is 11.6. The second-order valence-electron chi connectivity index (χ2n) is 17.9. The first kappa shape index (κ1) is 44.2. The zero-order valence-corrected chi connectivity index (χ0v) is 38.1. The van der Waals surface area contributed by atoms with Crippen molar-refractivity contribution < 1.29 is 13.9 Å². The van der Waals surface area contributed by atoms with E-state index in [1.807, 2.05) is 6.92 Å². The molecule has 4 atom stereocenters. The third-order valence-corrected chi connectivity index (χ3v) is 12.7. The maximum Gasteiger partial charge on any atom is 0.216 e. The van der Waals surface area contributed by atoms with Crippen molar-refractivity contribution in [1.82, 2.24) is 0 Å². The van der Waals surface area contributed by atoms with Crippen LogP contribution in [0.15, 0.2) is 145 Å². The van der Waals surface area contributed by atoms with E-state index in [0.717, 1.165) is 37.0 Å². The monoisotopic (exact) mass is 800 g/mol. The van der Waals surface area contributed by atoms with E-state index >= 15 is 0 Å². The van der Waals surface area contributed by atoms with Gasteiger partial charge in [-0.2, -0.15) is 4.57 Å². The molecule has 3 aromatic carbocycles. The summed E-state index contributed by atoms with van der Waals surface area (Å²) >= 11 is 0. The summed E-state index contributed by atoms with van der Waals surface area (Å²) in [5, 5.41) is 0. The molecule has 1 aliphatic rings. The predicted octanol–water partition coefficient (Wildman–Crippen LogP) is 13.6. The van der Waals surface area contributed by atoms with E-state index < -0.39 is 0 Å². The highest BCUT2D eigenvalue weighted by Crippen LogP contribution is 2.43. The van der Waals surface area contributed by atoms with Gasteiger partial charge in [-0.1, -0.05) is 128 Å². The number of aliphatic imine (C=N–C) groups is 1. The lowest BCUT2D eigenvalue weighted by atomic mass is 9.79. The molecule has 0 radical (unpaired) electrons. The van der Waals surface area contributed by atoms with E-state index in [2.05, 4.69) is 194 Å². The molecule has 3 heterocycles. The second-order valence-corrected chi connectivity index (χ2v) is 17.9. The number of nitrogens with zero attached hydrogens (tertiary/aromatic N) is 3. The highest BCUT2D eigenvalue weighted by atomic mass is 16.5. The number of aromatic nitrogens is 2. The van der Waals surface area contributed by atoms with Crippen LogP contribution in [-0.2, 0) is 18.2 Å². The van der Waals surface area contributed by atoms with Crippen LogP contribution in [0.25, 0.3) is 28.0 Å². The Morgan fingerprint density at radius 2 is 1.57 bits per heavy atom. The van der Waals surface area contributed by atoms with E-state index in [4.69, 9.17) is 16.3 Å². The summed E-state index contributed by atoms with van der Waals surface area (Å²) in [7, 11) is 2.18. The number of rotatable bonds is 16. The Labute approximate surface area is 362 Å². The normalized spacial score (nSPS) is 16.5. The lowest BCUT2D eigenvalue weighted by Gasteiger charge is -2.29. The maximum atomic E-state index is 6.77. The highest BCUT2D eigenvalue weighted by molar-refractivity contribution is 5.83. The predicted molar refractivity (Wildman–Crippen MR) is 253 cm³/mol. The molecule has 2 aromatic heterocycles. The summed E-state index contributed by atoms with van der Waals surface area (Å²) in [4.78, 5) is 5.08. The van der Waals surface area contributed by atoms with Gasteiger partial charge in [-0.25, -0.2) is 4.57 Å². The summed E-state index contributed by atoms with van der Waals surface area (Å²) in [6, 6.07) is 35.7. The molecule has 0 bridgehead atoms. The molecule has 0 spiro atoms. The molecule has 0 saturated heterocycles. The van der Waals surface area contributed by atoms with E-state index in [1.54, 1.807) is 0 Å². The Kier molecular flexibility index (Phi) is 14.6. The molecule has 4 heteroatoms. The van der Waals surface area contributed by atoms with Crippen molar-refractivity contribution in [1.29, 1.82) is 0 Å². The standard InChI is InChI=1S/C56H69N3O/c1-13-39(7)50(27-28-54-49(14-2)51-24-18-19-25-52(51)53-26-20-21-29-59(53)54)56(55-31-40(8)48(30-37(3)4)36-58(55)12)42(10)60-43(11)57-35-41(9)46-32-45(38(5)6)33-47(34-46)44-22-16-15-17-23-44/h14-26,29,31-34,36-39,41,49,54H,2,10,13,27-28,30,35H2,1,3-9,11-12H3/q+2/b56-50+,57-43?. The summed E-state index contributed by atoms with van der Waals surface area (Å²) in [6.07, 6.45) is 10.6. The van der Waals surface area contributed by atoms with Crippen molar-refractivity contribution >= 4 is 11.5 Å². The number of ether oxygens (including phenoxy) is 1. The Bertz CT molecular complexity index is 2360. The van der Waals surface area contributed by atoms with Crippen molar-refractivity contribution in [3.63, 3.8) is 0 Å². The quantitative estimate of drug-likeness (QED) is 0.0244. The van der Waals surface area contributed by atoms with Crippen LogP contribution in [0, 0.1) is 18.8 Å². The van der Waals surface area contributed by atoms with Crippen molar-refractivity contribution in [2.75, 3.05) is 6.54 Å². The van der Waals surface area contributed by atoms with E-state index in [9.17, 15) is 0 Å². The lowest BCUT2D eigenvalue weighted by molar-refractivity contribution is -0.717. The molecular weight excluding hydrogens is 731 g/mol. The maximum absolute atomic E-state index is 6.77. The molecule has 4 nitrogen and oxygen atoms in total. The molecule has 1 aliphatic heterocycles. The van der Waals surface area contributed by atoms with Crippen LogP contribution in [0.1, 0.15) is 132 Å². The third kappa shape index (κ3) is 9.98. The van der Waals surface area contributed by atoms with Crippen molar-refractivity contribution in [3.8, 4) is 22.4 Å². The molecule has 5 aromatic rings. The molecule has 0 amide bonds. The van der Waals surface area contributed by atoms with Crippen LogP contribution in [0.2, 0.25) is 0 Å². The fourth-order valence-electron chi connectivity index (χ4n) is 9.06. The van der Waals surface area contributed by atoms with E-state index in [1.165, 1.54) is 55.8 Å². The zero-order valence-electron chi connectivity index (χ0n) is 38.1. The van der Waals surface area contributed by atoms with Crippen LogP contribution < -0.4 is 9.13 Å². The Morgan fingerprint density at radius 1 is 0.867 bits per heavy atom. The molecule has 4 unspecified atom stereocenters. The van der Waals surface area contributed by atoms with Crippen molar-refractivity contribution in [3.05, 3.63) is 174 Å². The zero-order chi connectivity index (χ0) is 43.1. The molecule has 0 fully saturated rings. The summed E-state index contributed by atoms with van der Waals surface area (Å²) in [5.41, 5.74) is 15.3. The van der Waals surface area contributed by atoms with Crippen LogP contribution in [-0.4, -0.2) is 12.4 Å². The second kappa shape index (κ2) is 19.8. The Morgan fingerprint density at radius 3 is 2.27 bits per heavy atom. The van der Waals surface area contributed by atoms with Gasteiger partial charge < -0.3 is 4.74 Å². The Balaban J connectivity index is 1.36. The van der Waals surface area contributed by atoms with Gasteiger partial charge in [0.15, 0.2) is 24.3 Å². The van der Waals surface area contributed by atoms with Crippen LogP contribution in [0.5, 0.6) is 0 Å². The number of hydrogen-bond acceptors (Lipinski definition) is 2. The largest absolute Gasteiger partial charge is 0.443 e. The SMILES string of the molecule is C=CC1c2ccccc2-c2cccc[n+]2C1CC/C(=C(/C(=C)OC(C)=NCC(C)c1cc(-c2ccccc2)cc(C(C)C)c1)c1cc(C)c(CC(C)C)c[n+]1C)C(C)CC. The molecular formula is C56H69N3O+2. The van der Waals surface area contributed by atoms with Gasteiger partial charge in [-0.15, -0.1) is 6.58 Å². The van der Waals surface area contributed by atoms with E-state index in [0.29, 0.717) is 36.0 Å². The van der Waals surface area contributed by atoms with Gasteiger partial charge in [-0.05, 0) is 95.0 Å². The van der Waals surface area contributed by atoms with Gasteiger partial charge in [0, 0.05) is 49.6 Å². The van der Waals surface area contributed by atoms with Crippen molar-refractivity contribution in [2.24, 2.45) is 23.9 Å². The van der Waals surface area contributed by atoms with Gasteiger partial charge in [0.05, 0.1) is 17.1 Å². The minimum atomic E-state index is 0.192. The Hall–Kier alpha value is -5.35. The molecule has 0 N–H and O–H groups in total. The van der Waals surface area contributed by atoms with Crippen LogP contribution in [0.4, 0.5) is 0 Å². The van der Waals surface area contributed by atoms with Crippen molar-refractivity contribution in [2.45, 2.75) is 112 Å². The number of fused-ring (bicyclic) bond motifs is 3. The number of benzene rings is 3. The first-order valence-corrected chi connectivity index (χ1v) is 22.3. The van der Waals surface area contributed by atoms with Gasteiger partial charge in [0.25, 0.3) is 0 Å². The average Bonchev–Trinajstić information content (AvgIpc) is 3.25. The fraction of sp³-hybridized carbons (Fsp3) is 0.375. The number of hydrogen-bond donors (Lipinski definition) is 0. The lowest BCUT2D eigenvalue weighted by Crippen LogP contribution is -2.47. The summed E-state index contributed by atoms with van der Waals surface area (Å²) in [5.74, 6) is 2.98. The van der Waals surface area contributed by atoms with Gasteiger partial charge in [-0.3, -0.25) is 4.99 Å².